The van der Waals surface area contributed by atoms with E-state index < -0.39 is 0 Å². The molecule has 2 fully saturated rings. The van der Waals surface area contributed by atoms with Gasteiger partial charge in [0, 0.05) is 32.2 Å². The standard InChI is InChI=1S/C15H29N3O/c1-3-8-16-14-7-11-18(12-13(14)4-2)15(19)17-9-5-6-10-17/h13-14,16H,3-12H2,1-2H3. The van der Waals surface area contributed by atoms with E-state index in [1.54, 1.807) is 0 Å². The van der Waals surface area contributed by atoms with Crippen LogP contribution >= 0.6 is 0 Å². The van der Waals surface area contributed by atoms with Gasteiger partial charge in [-0.3, -0.25) is 0 Å². The highest BCUT2D eigenvalue weighted by Gasteiger charge is 2.32. The zero-order chi connectivity index (χ0) is 13.7. The number of carbonyl (C=O) groups is 1. The molecule has 4 heteroatoms. The Kier molecular flexibility index (Phi) is 5.49. The summed E-state index contributed by atoms with van der Waals surface area (Å²) in [6.07, 6.45) is 5.81. The largest absolute Gasteiger partial charge is 0.325 e. The molecule has 2 saturated heterocycles. The zero-order valence-corrected chi connectivity index (χ0v) is 12.5. The monoisotopic (exact) mass is 267 g/mol. The van der Waals surface area contributed by atoms with E-state index in [1.807, 2.05) is 4.90 Å². The molecule has 1 N–H and O–H groups in total. The molecule has 0 saturated carbocycles. The van der Waals surface area contributed by atoms with Gasteiger partial charge in [-0.15, -0.1) is 0 Å². The molecule has 0 aromatic heterocycles. The SMILES string of the molecule is CCCNC1CCN(C(=O)N2CCCC2)CC1CC. The number of nitrogens with zero attached hydrogens (tertiary/aromatic N) is 2. The predicted octanol–water partition coefficient (Wildman–Crippen LogP) is 2.30. The van der Waals surface area contributed by atoms with Crippen molar-refractivity contribution in [3.8, 4) is 0 Å². The van der Waals surface area contributed by atoms with E-state index in [4.69, 9.17) is 0 Å². The van der Waals surface area contributed by atoms with E-state index >= 15 is 0 Å². The van der Waals surface area contributed by atoms with E-state index in [9.17, 15) is 4.79 Å². The first kappa shape index (κ1) is 14.6. The second-order valence-corrected chi connectivity index (χ2v) is 5.94. The van der Waals surface area contributed by atoms with Gasteiger partial charge in [-0.1, -0.05) is 20.3 Å². The summed E-state index contributed by atoms with van der Waals surface area (Å²) in [6, 6.07) is 0.887. The van der Waals surface area contributed by atoms with Gasteiger partial charge in [0.1, 0.15) is 0 Å². The van der Waals surface area contributed by atoms with Gasteiger partial charge in [0.25, 0.3) is 0 Å². The quantitative estimate of drug-likeness (QED) is 0.848. The topological polar surface area (TPSA) is 35.6 Å². The van der Waals surface area contributed by atoms with Gasteiger partial charge in [0.05, 0.1) is 0 Å². The average Bonchev–Trinajstić information content (AvgIpc) is 2.98. The smallest absolute Gasteiger partial charge is 0.320 e. The van der Waals surface area contributed by atoms with Crippen LogP contribution in [0.5, 0.6) is 0 Å². The molecule has 2 rings (SSSR count). The molecule has 0 radical (unpaired) electrons. The number of urea groups is 1. The fourth-order valence-corrected chi connectivity index (χ4v) is 3.33. The number of likely N-dealkylation sites (tertiary alicyclic amines) is 2. The molecule has 2 heterocycles. The number of rotatable bonds is 4. The molecule has 2 amide bonds. The second kappa shape index (κ2) is 7.13. The van der Waals surface area contributed by atoms with Crippen molar-refractivity contribution in [2.24, 2.45) is 5.92 Å². The fourth-order valence-electron chi connectivity index (χ4n) is 3.33. The zero-order valence-electron chi connectivity index (χ0n) is 12.5. The molecule has 0 aromatic rings. The van der Waals surface area contributed by atoms with Gasteiger partial charge in [0.15, 0.2) is 0 Å². The van der Waals surface area contributed by atoms with Gasteiger partial charge in [0.2, 0.25) is 0 Å². The Hall–Kier alpha value is -0.770. The van der Waals surface area contributed by atoms with Crippen molar-refractivity contribution in [1.29, 1.82) is 0 Å². The molecule has 19 heavy (non-hydrogen) atoms. The molecule has 2 aliphatic heterocycles. The summed E-state index contributed by atoms with van der Waals surface area (Å²) in [5.41, 5.74) is 0. The first-order valence-electron chi connectivity index (χ1n) is 8.03. The Balaban J connectivity index is 1.86. The van der Waals surface area contributed by atoms with Crippen LogP contribution in [-0.4, -0.2) is 54.6 Å². The van der Waals surface area contributed by atoms with Crippen LogP contribution < -0.4 is 5.32 Å². The highest BCUT2D eigenvalue weighted by molar-refractivity contribution is 5.74. The molecule has 2 aliphatic rings. The maximum Gasteiger partial charge on any atom is 0.320 e. The highest BCUT2D eigenvalue weighted by Crippen LogP contribution is 2.22. The van der Waals surface area contributed by atoms with Crippen LogP contribution in [-0.2, 0) is 0 Å². The van der Waals surface area contributed by atoms with Crippen LogP contribution in [0.4, 0.5) is 4.79 Å². The van der Waals surface area contributed by atoms with Crippen molar-refractivity contribution >= 4 is 6.03 Å². The molecule has 2 atom stereocenters. The van der Waals surface area contributed by atoms with Gasteiger partial charge in [-0.2, -0.15) is 0 Å². The third kappa shape index (κ3) is 3.62. The Bertz CT molecular complexity index is 289. The third-order valence-electron chi connectivity index (χ3n) is 4.56. The summed E-state index contributed by atoms with van der Waals surface area (Å²) in [6.45, 7) is 9.34. The van der Waals surface area contributed by atoms with Crippen molar-refractivity contribution in [1.82, 2.24) is 15.1 Å². The number of carbonyl (C=O) groups excluding carboxylic acids is 1. The van der Waals surface area contributed by atoms with Gasteiger partial charge in [-0.25, -0.2) is 4.79 Å². The minimum absolute atomic E-state index is 0.282. The van der Waals surface area contributed by atoms with Gasteiger partial charge >= 0.3 is 6.03 Å². The van der Waals surface area contributed by atoms with E-state index in [0.717, 1.165) is 45.6 Å². The molecule has 0 bridgehead atoms. The average molecular weight is 267 g/mol. The number of amides is 2. The minimum Gasteiger partial charge on any atom is -0.325 e. The summed E-state index contributed by atoms with van der Waals surface area (Å²) < 4.78 is 0. The molecular formula is C15H29N3O. The van der Waals surface area contributed by atoms with Crippen LogP contribution in [0.3, 0.4) is 0 Å². The van der Waals surface area contributed by atoms with Crippen LogP contribution in [0, 0.1) is 5.92 Å². The van der Waals surface area contributed by atoms with E-state index in [-0.39, 0.29) is 6.03 Å². The van der Waals surface area contributed by atoms with Crippen molar-refractivity contribution in [3.63, 3.8) is 0 Å². The lowest BCUT2D eigenvalue weighted by molar-refractivity contribution is 0.118. The minimum atomic E-state index is 0.282. The van der Waals surface area contributed by atoms with E-state index in [0.29, 0.717) is 12.0 Å². The molecule has 2 unspecified atom stereocenters. The Labute approximate surface area is 117 Å². The Morgan fingerprint density at radius 2 is 1.89 bits per heavy atom. The maximum absolute atomic E-state index is 12.4. The Morgan fingerprint density at radius 1 is 1.16 bits per heavy atom. The number of nitrogens with one attached hydrogen (secondary N) is 1. The number of piperidine rings is 1. The predicted molar refractivity (Wildman–Crippen MR) is 78.3 cm³/mol. The maximum atomic E-state index is 12.4. The molecule has 110 valence electrons. The lowest BCUT2D eigenvalue weighted by atomic mass is 9.90. The molecular weight excluding hydrogens is 238 g/mol. The Morgan fingerprint density at radius 3 is 2.53 bits per heavy atom. The highest BCUT2D eigenvalue weighted by atomic mass is 16.2. The molecule has 0 aliphatic carbocycles. The summed E-state index contributed by atoms with van der Waals surface area (Å²) in [7, 11) is 0. The van der Waals surface area contributed by atoms with Crippen molar-refractivity contribution in [2.45, 2.75) is 52.0 Å². The van der Waals surface area contributed by atoms with E-state index in [1.165, 1.54) is 19.3 Å². The first-order valence-corrected chi connectivity index (χ1v) is 8.03. The molecule has 4 nitrogen and oxygen atoms in total. The summed E-state index contributed by atoms with van der Waals surface area (Å²) in [5, 5.41) is 3.65. The van der Waals surface area contributed by atoms with E-state index in [2.05, 4.69) is 24.1 Å². The van der Waals surface area contributed by atoms with Crippen LogP contribution in [0.25, 0.3) is 0 Å². The van der Waals surface area contributed by atoms with Crippen molar-refractivity contribution in [2.75, 3.05) is 32.7 Å². The van der Waals surface area contributed by atoms with Crippen LogP contribution in [0.2, 0.25) is 0 Å². The normalized spacial score (nSPS) is 27.9. The summed E-state index contributed by atoms with van der Waals surface area (Å²) in [4.78, 5) is 16.5. The van der Waals surface area contributed by atoms with Gasteiger partial charge in [-0.05, 0) is 38.1 Å². The lowest BCUT2D eigenvalue weighted by Gasteiger charge is -2.40. The lowest BCUT2D eigenvalue weighted by Crippen LogP contribution is -2.53. The first-order chi connectivity index (χ1) is 9.26. The molecule has 0 aromatic carbocycles. The van der Waals surface area contributed by atoms with Crippen molar-refractivity contribution < 1.29 is 4.79 Å². The summed E-state index contributed by atoms with van der Waals surface area (Å²) >= 11 is 0. The summed E-state index contributed by atoms with van der Waals surface area (Å²) in [5.74, 6) is 0.617. The van der Waals surface area contributed by atoms with Gasteiger partial charge < -0.3 is 15.1 Å². The molecule has 0 spiro atoms. The third-order valence-corrected chi connectivity index (χ3v) is 4.56. The fraction of sp³-hybridized carbons (Fsp3) is 0.933. The van der Waals surface area contributed by atoms with Crippen molar-refractivity contribution in [3.05, 3.63) is 0 Å². The second-order valence-electron chi connectivity index (χ2n) is 5.94. The number of hydrogen-bond donors (Lipinski definition) is 1. The number of hydrogen-bond acceptors (Lipinski definition) is 2. The van der Waals surface area contributed by atoms with Crippen LogP contribution in [0.15, 0.2) is 0 Å². The van der Waals surface area contributed by atoms with Crippen LogP contribution in [0.1, 0.15) is 46.0 Å².